The number of halogens is 1. The number of nitrogens with zero attached hydrogens (tertiary/aromatic N) is 1. The van der Waals surface area contributed by atoms with E-state index in [1.54, 1.807) is 17.0 Å². The zero-order chi connectivity index (χ0) is 14.0. The van der Waals surface area contributed by atoms with Gasteiger partial charge in [-0.1, -0.05) is 13.8 Å². The smallest absolute Gasteiger partial charge is 0.237 e. The molecule has 3 nitrogen and oxygen atoms in total. The van der Waals surface area contributed by atoms with Crippen LogP contribution in [0.3, 0.4) is 0 Å². The number of rotatable bonds is 3. The van der Waals surface area contributed by atoms with Crippen molar-refractivity contribution in [3.8, 4) is 0 Å². The molecule has 0 radical (unpaired) electrons. The van der Waals surface area contributed by atoms with Crippen molar-refractivity contribution in [2.24, 2.45) is 11.8 Å². The molecule has 2 rings (SSSR count). The van der Waals surface area contributed by atoms with Gasteiger partial charge in [0, 0.05) is 18.2 Å². The van der Waals surface area contributed by atoms with Crippen LogP contribution in [0.25, 0.3) is 0 Å². The van der Waals surface area contributed by atoms with Crippen LogP contribution < -0.4 is 4.90 Å². The summed E-state index contributed by atoms with van der Waals surface area (Å²) in [6, 6.07) is 5.82. The van der Waals surface area contributed by atoms with E-state index in [1.807, 2.05) is 13.8 Å². The van der Waals surface area contributed by atoms with Crippen molar-refractivity contribution >= 4 is 17.4 Å². The van der Waals surface area contributed by atoms with E-state index in [0.717, 1.165) is 6.42 Å². The van der Waals surface area contributed by atoms with E-state index in [4.69, 9.17) is 0 Å². The summed E-state index contributed by atoms with van der Waals surface area (Å²) in [5.41, 5.74) is 0.660. The molecule has 0 unspecified atom stereocenters. The van der Waals surface area contributed by atoms with Crippen molar-refractivity contribution in [3.63, 3.8) is 0 Å². The second kappa shape index (κ2) is 5.51. The number of piperidine rings is 1. The number of carbonyl (C=O) groups is 2. The lowest BCUT2D eigenvalue weighted by molar-refractivity contribution is -0.135. The van der Waals surface area contributed by atoms with Crippen molar-refractivity contribution < 1.29 is 14.0 Å². The van der Waals surface area contributed by atoms with Crippen molar-refractivity contribution in [3.05, 3.63) is 30.1 Å². The highest BCUT2D eigenvalue weighted by atomic mass is 19.1. The minimum absolute atomic E-state index is 0.00295. The van der Waals surface area contributed by atoms with E-state index in [0.29, 0.717) is 18.7 Å². The standard InChI is InChI=1S/C15H18FNO2/c1-10(2)14(18)13-4-3-9-17(15(13)19)12-7-5-11(16)6-8-12/h5-8,10,13H,3-4,9H2,1-2H3/t13-/m1/s1. The average molecular weight is 263 g/mol. The molecule has 1 aliphatic rings. The van der Waals surface area contributed by atoms with Gasteiger partial charge in [-0.15, -0.1) is 0 Å². The van der Waals surface area contributed by atoms with E-state index in [9.17, 15) is 14.0 Å². The molecule has 0 N–H and O–H groups in total. The Morgan fingerprint density at radius 1 is 1.32 bits per heavy atom. The summed E-state index contributed by atoms with van der Waals surface area (Å²) in [4.78, 5) is 26.0. The summed E-state index contributed by atoms with van der Waals surface area (Å²) in [7, 11) is 0. The molecular weight excluding hydrogens is 245 g/mol. The molecule has 4 heteroatoms. The van der Waals surface area contributed by atoms with Crippen LogP contribution in [0.15, 0.2) is 24.3 Å². The predicted molar refractivity (Wildman–Crippen MR) is 71.3 cm³/mol. The molecule has 1 aromatic carbocycles. The maximum Gasteiger partial charge on any atom is 0.237 e. The minimum Gasteiger partial charge on any atom is -0.312 e. The highest BCUT2D eigenvalue weighted by Crippen LogP contribution is 2.26. The fourth-order valence-corrected chi connectivity index (χ4v) is 2.42. The van der Waals surface area contributed by atoms with Gasteiger partial charge < -0.3 is 4.90 Å². The normalized spacial score (nSPS) is 19.9. The fraction of sp³-hybridized carbons (Fsp3) is 0.467. The van der Waals surface area contributed by atoms with Gasteiger partial charge in [0.15, 0.2) is 0 Å². The lowest BCUT2D eigenvalue weighted by Crippen LogP contribution is -2.45. The number of carbonyl (C=O) groups excluding carboxylic acids is 2. The average Bonchev–Trinajstić information content (AvgIpc) is 2.39. The van der Waals surface area contributed by atoms with Gasteiger partial charge in [0.05, 0.1) is 5.92 Å². The lowest BCUT2D eigenvalue weighted by Gasteiger charge is -2.32. The van der Waals surface area contributed by atoms with E-state index < -0.39 is 5.92 Å². The van der Waals surface area contributed by atoms with Crippen LogP contribution in [0.2, 0.25) is 0 Å². The molecule has 19 heavy (non-hydrogen) atoms. The van der Waals surface area contributed by atoms with Crippen LogP contribution in [0.1, 0.15) is 26.7 Å². The number of benzene rings is 1. The second-order valence-electron chi connectivity index (χ2n) is 5.22. The number of anilines is 1. The van der Waals surface area contributed by atoms with Gasteiger partial charge in [0.25, 0.3) is 0 Å². The number of amides is 1. The predicted octanol–water partition coefficient (Wildman–Crippen LogP) is 2.79. The first-order valence-corrected chi connectivity index (χ1v) is 6.61. The Labute approximate surface area is 112 Å². The Morgan fingerprint density at radius 3 is 2.53 bits per heavy atom. The van der Waals surface area contributed by atoms with E-state index >= 15 is 0 Å². The number of hydrogen-bond donors (Lipinski definition) is 0. The summed E-state index contributed by atoms with van der Waals surface area (Å²) in [6.07, 6.45) is 1.42. The van der Waals surface area contributed by atoms with Crippen molar-refractivity contribution in [2.75, 3.05) is 11.4 Å². The highest BCUT2D eigenvalue weighted by molar-refractivity contribution is 6.09. The van der Waals surface area contributed by atoms with Crippen LogP contribution in [0, 0.1) is 17.7 Å². The lowest BCUT2D eigenvalue weighted by atomic mass is 9.87. The van der Waals surface area contributed by atoms with Gasteiger partial charge >= 0.3 is 0 Å². The van der Waals surface area contributed by atoms with Crippen LogP contribution >= 0.6 is 0 Å². The molecule has 0 bridgehead atoms. The van der Waals surface area contributed by atoms with Gasteiger partial charge in [-0.05, 0) is 37.1 Å². The van der Waals surface area contributed by atoms with Gasteiger partial charge in [-0.25, -0.2) is 4.39 Å². The molecule has 0 aromatic heterocycles. The fourth-order valence-electron chi connectivity index (χ4n) is 2.42. The Balaban J connectivity index is 2.21. The topological polar surface area (TPSA) is 37.4 Å². The minimum atomic E-state index is -0.543. The van der Waals surface area contributed by atoms with Crippen LogP contribution in [0.5, 0.6) is 0 Å². The van der Waals surface area contributed by atoms with Crippen molar-refractivity contribution in [2.45, 2.75) is 26.7 Å². The molecule has 102 valence electrons. The largest absolute Gasteiger partial charge is 0.312 e. The Morgan fingerprint density at radius 2 is 1.95 bits per heavy atom. The molecule has 1 heterocycles. The molecule has 1 atom stereocenters. The number of Topliss-reactive ketones (excluding diaryl/α,β-unsaturated/α-hetero) is 1. The monoisotopic (exact) mass is 263 g/mol. The molecule has 1 aromatic rings. The third-order valence-electron chi connectivity index (χ3n) is 3.49. The second-order valence-corrected chi connectivity index (χ2v) is 5.22. The molecule has 1 aliphatic heterocycles. The van der Waals surface area contributed by atoms with Crippen LogP contribution in [-0.2, 0) is 9.59 Å². The van der Waals surface area contributed by atoms with E-state index in [1.165, 1.54) is 12.1 Å². The van der Waals surface area contributed by atoms with Crippen LogP contribution in [-0.4, -0.2) is 18.2 Å². The molecule has 1 saturated heterocycles. The van der Waals surface area contributed by atoms with Crippen LogP contribution in [0.4, 0.5) is 10.1 Å². The molecule has 0 spiro atoms. The van der Waals surface area contributed by atoms with Gasteiger partial charge in [0.2, 0.25) is 5.91 Å². The molecule has 1 amide bonds. The Kier molecular flexibility index (Phi) is 3.98. The SMILES string of the molecule is CC(C)C(=O)[C@H]1CCCN(c2ccc(F)cc2)C1=O. The third kappa shape index (κ3) is 2.83. The van der Waals surface area contributed by atoms with E-state index in [-0.39, 0.29) is 23.4 Å². The first-order valence-electron chi connectivity index (χ1n) is 6.61. The maximum atomic E-state index is 12.9. The molecule has 0 aliphatic carbocycles. The van der Waals surface area contributed by atoms with Crippen molar-refractivity contribution in [1.82, 2.24) is 0 Å². The molecular formula is C15H18FNO2. The maximum absolute atomic E-state index is 12.9. The van der Waals surface area contributed by atoms with Gasteiger partial charge in [-0.2, -0.15) is 0 Å². The quantitative estimate of drug-likeness (QED) is 0.786. The summed E-state index contributed by atoms with van der Waals surface area (Å²) in [6.45, 7) is 4.21. The third-order valence-corrected chi connectivity index (χ3v) is 3.49. The number of ketones is 1. The van der Waals surface area contributed by atoms with Crippen molar-refractivity contribution in [1.29, 1.82) is 0 Å². The summed E-state index contributed by atoms with van der Waals surface area (Å²) >= 11 is 0. The summed E-state index contributed by atoms with van der Waals surface area (Å²) in [5, 5.41) is 0. The Bertz CT molecular complexity index is 481. The summed E-state index contributed by atoms with van der Waals surface area (Å²) < 4.78 is 12.9. The zero-order valence-corrected chi connectivity index (χ0v) is 11.2. The summed E-state index contributed by atoms with van der Waals surface area (Å²) in [5.74, 6) is -1.17. The van der Waals surface area contributed by atoms with Gasteiger partial charge in [0.1, 0.15) is 11.6 Å². The first-order chi connectivity index (χ1) is 9.00. The molecule has 0 saturated carbocycles. The zero-order valence-electron chi connectivity index (χ0n) is 11.2. The van der Waals surface area contributed by atoms with Gasteiger partial charge in [-0.3, -0.25) is 9.59 Å². The number of hydrogen-bond acceptors (Lipinski definition) is 2. The first kappa shape index (κ1) is 13.7. The Hall–Kier alpha value is -1.71. The molecule has 1 fully saturated rings. The van der Waals surface area contributed by atoms with E-state index in [2.05, 4.69) is 0 Å². The highest BCUT2D eigenvalue weighted by Gasteiger charge is 2.35.